The van der Waals surface area contributed by atoms with Gasteiger partial charge in [0.05, 0.1) is 10.9 Å². The van der Waals surface area contributed by atoms with Gasteiger partial charge in [-0.15, -0.1) is 0 Å². The van der Waals surface area contributed by atoms with Gasteiger partial charge >= 0.3 is 0 Å². The van der Waals surface area contributed by atoms with Gasteiger partial charge in [0.2, 0.25) is 0 Å². The number of nitrogen functional groups attached to an aromatic ring is 1. The van der Waals surface area contributed by atoms with Gasteiger partial charge in [-0.3, -0.25) is 4.79 Å². The van der Waals surface area contributed by atoms with Crippen molar-refractivity contribution in [2.45, 2.75) is 0 Å². The number of fused-ring (bicyclic) bond motifs is 1. The number of piperazine rings is 1. The van der Waals surface area contributed by atoms with E-state index >= 15 is 0 Å². The molecule has 1 fully saturated rings. The van der Waals surface area contributed by atoms with Crippen molar-refractivity contribution in [2.24, 2.45) is 0 Å². The lowest BCUT2D eigenvalue weighted by Gasteiger charge is -2.35. The van der Waals surface area contributed by atoms with E-state index in [1.807, 2.05) is 6.07 Å². The maximum Gasteiger partial charge on any atom is 0.256 e. The van der Waals surface area contributed by atoms with Gasteiger partial charge in [-0.05, 0) is 24.3 Å². The number of halogens is 1. The van der Waals surface area contributed by atoms with Gasteiger partial charge < -0.3 is 15.5 Å². The molecule has 2 N–H and O–H groups in total. The molecule has 0 unspecified atom stereocenters. The number of amides is 1. The Balaban J connectivity index is 1.52. The van der Waals surface area contributed by atoms with E-state index in [1.165, 1.54) is 18.5 Å². The van der Waals surface area contributed by atoms with Crippen LogP contribution in [0.2, 0.25) is 0 Å². The zero-order valence-electron chi connectivity index (χ0n) is 14.0. The quantitative estimate of drug-likeness (QED) is 0.755. The van der Waals surface area contributed by atoms with E-state index in [1.54, 1.807) is 23.1 Å². The number of rotatable bonds is 2. The third-order valence-electron chi connectivity index (χ3n) is 4.47. The van der Waals surface area contributed by atoms with Crippen molar-refractivity contribution < 1.29 is 9.18 Å². The summed E-state index contributed by atoms with van der Waals surface area (Å²) in [6.45, 7) is 2.16. The van der Waals surface area contributed by atoms with E-state index in [0.717, 1.165) is 11.2 Å². The first-order valence-electron chi connectivity index (χ1n) is 8.29. The molecule has 1 saturated heterocycles. The number of pyridine rings is 1. The SMILES string of the molecule is Nc1ccc2c(N3CCN(C(=O)c4ccccc4F)CC3)ncnc2n1. The Hall–Kier alpha value is -3.29. The predicted molar refractivity (Wildman–Crippen MR) is 96.3 cm³/mol. The average Bonchev–Trinajstić information content (AvgIpc) is 2.67. The lowest BCUT2D eigenvalue weighted by Crippen LogP contribution is -2.49. The number of nitrogens with zero attached hydrogens (tertiary/aromatic N) is 5. The van der Waals surface area contributed by atoms with Gasteiger partial charge in [0.25, 0.3) is 5.91 Å². The van der Waals surface area contributed by atoms with Crippen LogP contribution in [0, 0.1) is 5.82 Å². The van der Waals surface area contributed by atoms with Crippen LogP contribution >= 0.6 is 0 Å². The standard InChI is InChI=1S/C18H17FN6O/c19-14-4-2-1-3-12(14)18(26)25-9-7-24(8-10-25)17-13-5-6-15(20)23-16(13)21-11-22-17/h1-6,11H,7-10H2,(H2,20,21,22,23). The number of anilines is 2. The first-order chi connectivity index (χ1) is 12.6. The van der Waals surface area contributed by atoms with Crippen LogP contribution in [0.25, 0.3) is 11.0 Å². The number of hydrogen-bond acceptors (Lipinski definition) is 6. The molecule has 3 heterocycles. The molecule has 8 heteroatoms. The number of aromatic nitrogens is 3. The fourth-order valence-corrected chi connectivity index (χ4v) is 3.12. The zero-order chi connectivity index (χ0) is 18.1. The smallest absolute Gasteiger partial charge is 0.256 e. The Bertz CT molecular complexity index is 971. The van der Waals surface area contributed by atoms with Crippen molar-refractivity contribution in [1.82, 2.24) is 19.9 Å². The molecule has 1 aliphatic heterocycles. The third-order valence-corrected chi connectivity index (χ3v) is 4.47. The summed E-state index contributed by atoms with van der Waals surface area (Å²) < 4.78 is 13.9. The van der Waals surface area contributed by atoms with Gasteiger partial charge in [0.1, 0.15) is 23.8 Å². The van der Waals surface area contributed by atoms with Crippen LogP contribution in [0.4, 0.5) is 16.0 Å². The molecule has 3 aromatic rings. The largest absolute Gasteiger partial charge is 0.384 e. The minimum absolute atomic E-state index is 0.105. The minimum atomic E-state index is -0.495. The van der Waals surface area contributed by atoms with E-state index in [2.05, 4.69) is 19.9 Å². The van der Waals surface area contributed by atoms with Crippen LogP contribution in [0.5, 0.6) is 0 Å². The van der Waals surface area contributed by atoms with Gasteiger partial charge in [0, 0.05) is 26.2 Å². The normalized spacial score (nSPS) is 14.7. The van der Waals surface area contributed by atoms with Crippen LogP contribution < -0.4 is 10.6 Å². The molecule has 1 aromatic carbocycles. The summed E-state index contributed by atoms with van der Waals surface area (Å²) in [5.41, 5.74) is 6.36. The van der Waals surface area contributed by atoms with Gasteiger partial charge in [-0.2, -0.15) is 0 Å². The Kier molecular flexibility index (Phi) is 4.08. The third kappa shape index (κ3) is 2.90. The molecule has 0 radical (unpaired) electrons. The molecule has 1 amide bonds. The maximum absolute atomic E-state index is 13.9. The Morgan fingerprint density at radius 1 is 1.04 bits per heavy atom. The van der Waals surface area contributed by atoms with Gasteiger partial charge in [-0.1, -0.05) is 12.1 Å². The van der Waals surface area contributed by atoms with Crippen LogP contribution in [0.15, 0.2) is 42.7 Å². The second kappa shape index (κ2) is 6.55. The Morgan fingerprint density at radius 2 is 1.81 bits per heavy atom. The highest BCUT2D eigenvalue weighted by Crippen LogP contribution is 2.24. The van der Waals surface area contributed by atoms with Crippen LogP contribution in [0.1, 0.15) is 10.4 Å². The molecule has 4 rings (SSSR count). The summed E-state index contributed by atoms with van der Waals surface area (Å²) in [6, 6.07) is 9.62. The number of carbonyl (C=O) groups excluding carboxylic acids is 1. The van der Waals surface area contributed by atoms with Crippen molar-refractivity contribution in [1.29, 1.82) is 0 Å². The predicted octanol–water partition coefficient (Wildman–Crippen LogP) is 1.71. The fourth-order valence-electron chi connectivity index (χ4n) is 3.12. The van der Waals surface area contributed by atoms with Crippen LogP contribution in [-0.2, 0) is 0 Å². The van der Waals surface area contributed by atoms with E-state index in [4.69, 9.17) is 5.73 Å². The molecule has 132 valence electrons. The summed E-state index contributed by atoms with van der Waals surface area (Å²) in [4.78, 5) is 29.0. The minimum Gasteiger partial charge on any atom is -0.384 e. The van der Waals surface area contributed by atoms with Crippen molar-refractivity contribution >= 4 is 28.6 Å². The molecule has 1 aliphatic rings. The highest BCUT2D eigenvalue weighted by molar-refractivity contribution is 5.94. The molecule has 0 saturated carbocycles. The Morgan fingerprint density at radius 3 is 2.58 bits per heavy atom. The fraction of sp³-hybridized carbons (Fsp3) is 0.222. The molecule has 26 heavy (non-hydrogen) atoms. The first kappa shape index (κ1) is 16.2. The van der Waals surface area contributed by atoms with Gasteiger partial charge in [0.15, 0.2) is 5.65 Å². The van der Waals surface area contributed by atoms with Crippen LogP contribution in [0.3, 0.4) is 0 Å². The average molecular weight is 352 g/mol. The van der Waals surface area contributed by atoms with Crippen molar-refractivity contribution in [3.05, 3.63) is 54.1 Å². The van der Waals surface area contributed by atoms with Gasteiger partial charge in [-0.25, -0.2) is 19.3 Å². The lowest BCUT2D eigenvalue weighted by molar-refractivity contribution is 0.0742. The topological polar surface area (TPSA) is 88.2 Å². The molecule has 0 bridgehead atoms. The number of carbonyl (C=O) groups is 1. The van der Waals surface area contributed by atoms with E-state index in [0.29, 0.717) is 37.6 Å². The summed E-state index contributed by atoms with van der Waals surface area (Å²) in [5, 5.41) is 0.815. The summed E-state index contributed by atoms with van der Waals surface area (Å²) in [6.07, 6.45) is 1.46. The summed E-state index contributed by atoms with van der Waals surface area (Å²) in [7, 11) is 0. The maximum atomic E-state index is 13.9. The van der Waals surface area contributed by atoms with Crippen molar-refractivity contribution in [3.8, 4) is 0 Å². The molecule has 2 aromatic heterocycles. The second-order valence-corrected chi connectivity index (χ2v) is 6.06. The Labute approximate surface area is 149 Å². The van der Waals surface area contributed by atoms with Crippen molar-refractivity contribution in [3.63, 3.8) is 0 Å². The molecule has 0 aliphatic carbocycles. The van der Waals surface area contributed by atoms with Crippen LogP contribution in [-0.4, -0.2) is 51.9 Å². The molecular formula is C18H17FN6O. The lowest BCUT2D eigenvalue weighted by atomic mass is 10.1. The van der Waals surface area contributed by atoms with E-state index < -0.39 is 5.82 Å². The number of nitrogens with two attached hydrogens (primary N) is 1. The zero-order valence-corrected chi connectivity index (χ0v) is 14.0. The molecule has 0 atom stereocenters. The number of hydrogen-bond donors (Lipinski definition) is 1. The first-order valence-corrected chi connectivity index (χ1v) is 8.29. The molecular weight excluding hydrogens is 335 g/mol. The van der Waals surface area contributed by atoms with E-state index in [-0.39, 0.29) is 11.5 Å². The molecule has 7 nitrogen and oxygen atoms in total. The highest BCUT2D eigenvalue weighted by atomic mass is 19.1. The highest BCUT2D eigenvalue weighted by Gasteiger charge is 2.25. The number of benzene rings is 1. The van der Waals surface area contributed by atoms with Crippen molar-refractivity contribution in [2.75, 3.05) is 36.8 Å². The monoisotopic (exact) mass is 352 g/mol. The van der Waals surface area contributed by atoms with E-state index in [9.17, 15) is 9.18 Å². The summed E-state index contributed by atoms with van der Waals surface area (Å²) in [5.74, 6) is 0.387. The molecule has 0 spiro atoms. The second-order valence-electron chi connectivity index (χ2n) is 6.06. The summed E-state index contributed by atoms with van der Waals surface area (Å²) >= 11 is 0.